The first-order chi connectivity index (χ1) is 11.0. The smallest absolute Gasteiger partial charge is 0.123 e. The number of halogens is 2. The summed E-state index contributed by atoms with van der Waals surface area (Å²) in [6.45, 7) is 2.07. The van der Waals surface area contributed by atoms with E-state index >= 15 is 0 Å². The van der Waals surface area contributed by atoms with E-state index in [9.17, 15) is 8.60 Å². The molecule has 0 bridgehead atoms. The van der Waals surface area contributed by atoms with Crippen molar-refractivity contribution in [1.29, 1.82) is 0 Å². The monoisotopic (exact) mass is 390 g/mol. The second kappa shape index (κ2) is 6.54. The molecule has 0 aromatic heterocycles. The third-order valence-electron chi connectivity index (χ3n) is 4.11. The van der Waals surface area contributed by atoms with Crippen molar-refractivity contribution in [3.05, 3.63) is 70.5 Å². The molecule has 0 aliphatic heterocycles. The molecule has 1 atom stereocenters. The van der Waals surface area contributed by atoms with Gasteiger partial charge in [-0.25, -0.2) is 4.39 Å². The standard InChI is InChI=1S/C19H16BrFOS/c1-12-17(9-13-3-6-15(7-4-13)23(2)22)16-8-5-14(21)10-18(16)19(12)11-20/h3-10H,11H2,1-2H3. The Kier molecular flexibility index (Phi) is 4.64. The molecule has 2 aromatic carbocycles. The highest BCUT2D eigenvalue weighted by atomic mass is 79.9. The fourth-order valence-corrected chi connectivity index (χ4v) is 4.09. The zero-order chi connectivity index (χ0) is 16.6. The van der Waals surface area contributed by atoms with Crippen molar-refractivity contribution in [1.82, 2.24) is 0 Å². The molecule has 3 rings (SSSR count). The van der Waals surface area contributed by atoms with Gasteiger partial charge in [0.25, 0.3) is 0 Å². The van der Waals surface area contributed by atoms with E-state index in [0.717, 1.165) is 38.3 Å². The minimum atomic E-state index is -0.972. The molecule has 23 heavy (non-hydrogen) atoms. The molecule has 0 saturated heterocycles. The second-order valence-corrected chi connectivity index (χ2v) is 7.45. The molecule has 1 aliphatic carbocycles. The SMILES string of the molecule is CC1=C(CBr)c2cc(F)ccc2C1=Cc1ccc(S(C)=O)cc1. The van der Waals surface area contributed by atoms with Gasteiger partial charge in [0.15, 0.2) is 0 Å². The van der Waals surface area contributed by atoms with Gasteiger partial charge in [-0.3, -0.25) is 4.21 Å². The van der Waals surface area contributed by atoms with Gasteiger partial charge in [0, 0.05) is 27.3 Å². The molecular formula is C19H16BrFOS. The predicted octanol–water partition coefficient (Wildman–Crippen LogP) is 5.29. The van der Waals surface area contributed by atoms with Crippen LogP contribution in [0.1, 0.15) is 23.6 Å². The summed E-state index contributed by atoms with van der Waals surface area (Å²) >= 11 is 3.51. The Hall–Kier alpha value is -1.52. The number of hydrogen-bond acceptors (Lipinski definition) is 1. The van der Waals surface area contributed by atoms with Crippen LogP contribution < -0.4 is 0 Å². The average Bonchev–Trinajstić information content (AvgIpc) is 2.79. The summed E-state index contributed by atoms with van der Waals surface area (Å²) in [4.78, 5) is 0.814. The maximum absolute atomic E-state index is 13.6. The summed E-state index contributed by atoms with van der Waals surface area (Å²) in [5.41, 5.74) is 6.44. The third-order valence-corrected chi connectivity index (χ3v) is 5.61. The van der Waals surface area contributed by atoms with Crippen molar-refractivity contribution in [2.45, 2.75) is 11.8 Å². The second-order valence-electron chi connectivity index (χ2n) is 5.51. The van der Waals surface area contributed by atoms with Crippen molar-refractivity contribution in [3.63, 3.8) is 0 Å². The summed E-state index contributed by atoms with van der Waals surface area (Å²) in [5, 5.41) is 0.695. The van der Waals surface area contributed by atoms with Crippen LogP contribution in [-0.4, -0.2) is 15.8 Å². The first-order valence-corrected chi connectivity index (χ1v) is 9.91. The van der Waals surface area contributed by atoms with Gasteiger partial charge in [-0.15, -0.1) is 0 Å². The Balaban J connectivity index is 2.09. The highest BCUT2D eigenvalue weighted by Gasteiger charge is 2.23. The highest BCUT2D eigenvalue weighted by molar-refractivity contribution is 9.09. The van der Waals surface area contributed by atoms with Gasteiger partial charge in [-0.1, -0.05) is 34.1 Å². The molecule has 1 aliphatic rings. The fourth-order valence-electron chi connectivity index (χ4n) is 2.85. The number of benzene rings is 2. The summed E-state index contributed by atoms with van der Waals surface area (Å²) in [7, 11) is -0.972. The lowest BCUT2D eigenvalue weighted by atomic mass is 10.0. The zero-order valence-electron chi connectivity index (χ0n) is 12.9. The van der Waals surface area contributed by atoms with E-state index in [1.54, 1.807) is 12.3 Å². The van der Waals surface area contributed by atoms with Crippen molar-refractivity contribution < 1.29 is 8.60 Å². The molecule has 0 N–H and O–H groups in total. The normalized spacial score (nSPS) is 16.8. The van der Waals surface area contributed by atoms with E-state index in [1.807, 2.05) is 30.3 Å². The van der Waals surface area contributed by atoms with Gasteiger partial charge in [0.1, 0.15) is 5.82 Å². The molecule has 0 fully saturated rings. The van der Waals surface area contributed by atoms with Crippen LogP contribution in [0.5, 0.6) is 0 Å². The molecule has 0 radical (unpaired) electrons. The molecule has 1 nitrogen and oxygen atoms in total. The van der Waals surface area contributed by atoms with E-state index in [0.29, 0.717) is 5.33 Å². The minimum Gasteiger partial charge on any atom is -0.255 e. The topological polar surface area (TPSA) is 17.1 Å². The molecule has 4 heteroatoms. The predicted molar refractivity (Wildman–Crippen MR) is 99.4 cm³/mol. The van der Waals surface area contributed by atoms with E-state index in [-0.39, 0.29) is 5.82 Å². The molecule has 2 aromatic rings. The van der Waals surface area contributed by atoms with Crippen molar-refractivity contribution >= 4 is 44.0 Å². The number of alkyl halides is 1. The Morgan fingerprint density at radius 2 is 1.83 bits per heavy atom. The van der Waals surface area contributed by atoms with Gasteiger partial charge in [-0.2, -0.15) is 0 Å². The van der Waals surface area contributed by atoms with Crippen molar-refractivity contribution in [2.24, 2.45) is 0 Å². The van der Waals surface area contributed by atoms with Gasteiger partial charge < -0.3 is 0 Å². The third kappa shape index (κ3) is 3.10. The van der Waals surface area contributed by atoms with Gasteiger partial charge in [0.05, 0.1) is 0 Å². The van der Waals surface area contributed by atoms with Gasteiger partial charge >= 0.3 is 0 Å². The quantitative estimate of drug-likeness (QED) is 0.651. The maximum atomic E-state index is 13.6. The Morgan fingerprint density at radius 3 is 2.43 bits per heavy atom. The fraction of sp³-hybridized carbons (Fsp3) is 0.158. The molecule has 1 unspecified atom stereocenters. The molecule has 0 spiro atoms. The maximum Gasteiger partial charge on any atom is 0.123 e. The number of rotatable bonds is 3. The van der Waals surface area contributed by atoms with Crippen LogP contribution >= 0.6 is 15.9 Å². The summed E-state index contributed by atoms with van der Waals surface area (Å²) in [6.07, 6.45) is 3.77. The average molecular weight is 391 g/mol. The molecular weight excluding hydrogens is 375 g/mol. The molecule has 0 amide bonds. The van der Waals surface area contributed by atoms with Crippen LogP contribution in [0.3, 0.4) is 0 Å². The lowest BCUT2D eigenvalue weighted by Gasteiger charge is -2.05. The zero-order valence-corrected chi connectivity index (χ0v) is 15.3. The Bertz CT molecular complexity index is 850. The largest absolute Gasteiger partial charge is 0.255 e. The summed E-state index contributed by atoms with van der Waals surface area (Å²) < 4.78 is 25.1. The summed E-state index contributed by atoms with van der Waals surface area (Å²) in [6, 6.07) is 12.6. The van der Waals surface area contributed by atoms with E-state index in [4.69, 9.17) is 0 Å². The van der Waals surface area contributed by atoms with Crippen LogP contribution in [0.2, 0.25) is 0 Å². The number of allylic oxidation sites excluding steroid dienone is 3. The minimum absolute atomic E-state index is 0.217. The van der Waals surface area contributed by atoms with Crippen LogP contribution in [0.25, 0.3) is 17.2 Å². The van der Waals surface area contributed by atoms with E-state index < -0.39 is 10.8 Å². The van der Waals surface area contributed by atoms with Gasteiger partial charge in [0.2, 0.25) is 0 Å². The van der Waals surface area contributed by atoms with Crippen LogP contribution in [0.15, 0.2) is 52.9 Å². The molecule has 0 heterocycles. The van der Waals surface area contributed by atoms with Crippen LogP contribution in [0.4, 0.5) is 4.39 Å². The Morgan fingerprint density at radius 1 is 1.13 bits per heavy atom. The lowest BCUT2D eigenvalue weighted by Crippen LogP contribution is -1.88. The number of fused-ring (bicyclic) bond motifs is 1. The molecule has 118 valence electrons. The van der Waals surface area contributed by atoms with E-state index in [1.165, 1.54) is 6.07 Å². The first-order valence-electron chi connectivity index (χ1n) is 7.23. The van der Waals surface area contributed by atoms with E-state index in [2.05, 4.69) is 28.9 Å². The number of hydrogen-bond donors (Lipinski definition) is 0. The van der Waals surface area contributed by atoms with Crippen molar-refractivity contribution in [3.8, 4) is 0 Å². The van der Waals surface area contributed by atoms with Crippen LogP contribution in [-0.2, 0) is 10.8 Å². The highest BCUT2D eigenvalue weighted by Crippen LogP contribution is 2.42. The lowest BCUT2D eigenvalue weighted by molar-refractivity contribution is 0.627. The van der Waals surface area contributed by atoms with Crippen molar-refractivity contribution in [2.75, 3.05) is 11.6 Å². The first kappa shape index (κ1) is 16.3. The van der Waals surface area contributed by atoms with Crippen LogP contribution in [0, 0.1) is 5.82 Å². The molecule has 0 saturated carbocycles. The summed E-state index contributed by atoms with van der Waals surface area (Å²) in [5.74, 6) is -0.217. The van der Waals surface area contributed by atoms with Gasteiger partial charge in [-0.05, 0) is 70.7 Å². The Labute approximate surface area is 146 Å².